The molecule has 4 unspecified atom stereocenters. The number of aromatic nitrogens is 8. The summed E-state index contributed by atoms with van der Waals surface area (Å²) < 4.78 is 57.9. The van der Waals surface area contributed by atoms with Gasteiger partial charge in [-0.2, -0.15) is 9.97 Å². The Labute approximate surface area is 514 Å². The summed E-state index contributed by atoms with van der Waals surface area (Å²) in [4.78, 5) is 150. The van der Waals surface area contributed by atoms with Gasteiger partial charge in [0.2, 0.25) is 17.8 Å². The minimum absolute atomic E-state index is 0.0799. The summed E-state index contributed by atoms with van der Waals surface area (Å²) in [6.45, 7) is -6.99. The third-order valence-electron chi connectivity index (χ3n) is 15.0. The predicted octanol–water partition coefficient (Wildman–Crippen LogP) is 0.702. The summed E-state index contributed by atoms with van der Waals surface area (Å²) in [6, 6.07) is 3.11. The van der Waals surface area contributed by atoms with E-state index in [9.17, 15) is 57.7 Å². The van der Waals surface area contributed by atoms with E-state index in [1.54, 1.807) is 38.1 Å². The van der Waals surface area contributed by atoms with Crippen molar-refractivity contribution in [3.63, 3.8) is 0 Å². The number of nitrogen functional groups attached to an aromatic ring is 2. The minimum Gasteiger partial charge on any atom is -0.445 e. The summed E-state index contributed by atoms with van der Waals surface area (Å²) in [5.41, 5.74) is 15.9. The van der Waals surface area contributed by atoms with Crippen LogP contribution in [-0.2, 0) is 85.7 Å². The number of urea groups is 1. The molecular formula is C51H65N15O19P2S2. The van der Waals surface area contributed by atoms with E-state index in [-0.39, 0.29) is 115 Å². The molecule has 0 spiro atoms. The predicted molar refractivity (Wildman–Crippen MR) is 317 cm³/mol. The number of carbonyl (C=O) groups is 7. The number of hydrogen-bond acceptors (Lipinski definition) is 25. The SMILES string of the molecule is CC(C)[C@H](CC(=O)CCCCCN1C(=O)C=CC1=O)C(=O)N[C@@H](CCCNC(N)=O)C(=O)Cc1ccc(COC(=O)NC2[C@H]3OP(O)(=S)OC[C@H]4O[C@@H](n5cnc6c(=O)[nH]c(N)nc65)[C@@H](O)C4OP(=O)(S)OC[C@H]3O[C@H]2n2cnc3c(=O)[nH]c(N)nc32)cc1. The Morgan fingerprint density at radius 3 is 2.07 bits per heavy atom. The number of nitrogens with two attached hydrogens (primary N) is 3. The molecule has 13 N–H and O–H groups in total. The maximum absolute atomic E-state index is 14.1. The van der Waals surface area contributed by atoms with Crippen LogP contribution in [-0.4, -0.2) is 164 Å². The van der Waals surface area contributed by atoms with Gasteiger partial charge in [0.05, 0.1) is 31.9 Å². The number of ketones is 2. The molecule has 0 aliphatic carbocycles. The first-order valence-corrected chi connectivity index (χ1v) is 33.2. The Bertz CT molecular complexity index is 3750. The van der Waals surface area contributed by atoms with Crippen LogP contribution in [0.2, 0.25) is 0 Å². The number of fused-ring (bicyclic) bond motifs is 4. The smallest absolute Gasteiger partial charge is 0.407 e. The van der Waals surface area contributed by atoms with Crippen LogP contribution in [0.15, 0.2) is 58.7 Å². The van der Waals surface area contributed by atoms with Crippen LogP contribution in [0, 0.1) is 11.8 Å². The molecule has 8 heterocycles. The molecule has 4 aliphatic heterocycles. The number of aliphatic hydroxyl groups is 1. The van der Waals surface area contributed by atoms with E-state index in [0.717, 1.165) is 17.6 Å². The van der Waals surface area contributed by atoms with Crippen LogP contribution < -0.4 is 44.3 Å². The molecule has 3 fully saturated rings. The number of imidazole rings is 2. The third kappa shape index (κ3) is 16.2. The number of benzene rings is 1. The Morgan fingerprint density at radius 1 is 0.843 bits per heavy atom. The van der Waals surface area contributed by atoms with Crippen LogP contribution in [0.4, 0.5) is 21.5 Å². The van der Waals surface area contributed by atoms with Crippen molar-refractivity contribution in [1.29, 1.82) is 0 Å². The van der Waals surface area contributed by atoms with Gasteiger partial charge in [-0.1, -0.05) is 56.8 Å². The van der Waals surface area contributed by atoms with Crippen LogP contribution in [0.3, 0.4) is 0 Å². The van der Waals surface area contributed by atoms with E-state index in [1.165, 1.54) is 21.3 Å². The van der Waals surface area contributed by atoms with Crippen molar-refractivity contribution < 1.29 is 80.4 Å². The van der Waals surface area contributed by atoms with Gasteiger partial charge in [-0.3, -0.25) is 66.6 Å². The molecule has 34 nitrogen and oxygen atoms in total. The minimum atomic E-state index is -4.58. The lowest BCUT2D eigenvalue weighted by molar-refractivity contribution is -0.137. The van der Waals surface area contributed by atoms with Crippen molar-refractivity contribution in [1.82, 2.24) is 59.9 Å². The number of rotatable bonds is 23. The molecule has 0 bridgehead atoms. The molecule has 0 saturated carbocycles. The molecule has 5 aromatic rings. The standard InChI is InChI=1S/C51H65N15O19P2S2/c1-24(2)28(18-27(67)7-4-3-5-16-64-33(69)13-14-34(64)70)43(72)58-29(8-6-15-55-50(54)75)30(68)17-25-9-11-26(12-10-25)19-79-51(76)59-35-39-31(82-46(35)65-22-56-36-41(65)60-48(52)62-44(36)73)20-80-87(78,89)85-40-32(21-81-86(77,88)84-39)83-47(38(40)71)66-23-57-37-42(66)61-49(53)63-45(37)74/h9-14,22-24,28-29,31-32,35,38-40,46-47,71H,3-8,15-21H2,1-2H3,(H,58,72)(H,59,76)(H,77,88)(H,78,89)(H3,54,55,75)(H3,52,60,62,73)(H3,53,61,63,74)/t28-,29-,31+,32+,35?,38-,39-,40?,46+,47+,86?,87?/m0/s1. The van der Waals surface area contributed by atoms with Gasteiger partial charge in [-0.25, -0.2) is 24.1 Å². The molecular weight excluding hydrogens is 1250 g/mol. The number of hydrogen-bond donors (Lipinski definition) is 11. The van der Waals surface area contributed by atoms with Crippen molar-refractivity contribution in [2.75, 3.05) is 37.8 Å². The summed E-state index contributed by atoms with van der Waals surface area (Å²) in [6.07, 6.45) is -5.19. The van der Waals surface area contributed by atoms with Gasteiger partial charge in [0.1, 0.15) is 49.0 Å². The Balaban J connectivity index is 0.860. The lowest BCUT2D eigenvalue weighted by Crippen LogP contribution is -2.48. The highest BCUT2D eigenvalue weighted by atomic mass is 32.7. The Morgan fingerprint density at radius 2 is 1.44 bits per heavy atom. The van der Waals surface area contributed by atoms with Crippen molar-refractivity contribution in [3.8, 4) is 0 Å². The first kappa shape index (κ1) is 66.1. The number of carbonyl (C=O) groups excluding carboxylic acids is 7. The zero-order chi connectivity index (χ0) is 64.1. The number of imide groups is 1. The number of anilines is 2. The highest BCUT2D eigenvalue weighted by molar-refractivity contribution is 8.44. The summed E-state index contributed by atoms with van der Waals surface area (Å²) in [7, 11) is 0. The number of primary amides is 1. The number of unbranched alkanes of at least 4 members (excludes halogenated alkanes) is 2. The van der Waals surface area contributed by atoms with Crippen molar-refractivity contribution in [2.45, 2.75) is 127 Å². The number of H-pyrrole nitrogens is 2. The normalized spacial score (nSPS) is 26.1. The van der Waals surface area contributed by atoms with E-state index in [1.807, 2.05) is 0 Å². The van der Waals surface area contributed by atoms with Gasteiger partial charge in [-0.15, -0.1) is 0 Å². The van der Waals surface area contributed by atoms with E-state index < -0.39 is 117 Å². The largest absolute Gasteiger partial charge is 0.445 e. The van der Waals surface area contributed by atoms with Gasteiger partial charge in [0, 0.05) is 50.4 Å². The molecule has 4 aliphatic rings. The number of alkyl carbamates (subject to hydrolysis) is 1. The van der Waals surface area contributed by atoms with E-state index in [2.05, 4.69) is 58.1 Å². The molecule has 89 heavy (non-hydrogen) atoms. The zero-order valence-corrected chi connectivity index (χ0v) is 51.1. The van der Waals surface area contributed by atoms with Crippen molar-refractivity contribution in [2.24, 2.45) is 17.6 Å². The molecule has 4 aromatic heterocycles. The second-order valence-electron chi connectivity index (χ2n) is 21.6. The Hall–Kier alpha value is -7.34. The average molecular weight is 1320 g/mol. The van der Waals surface area contributed by atoms with Crippen LogP contribution >= 0.6 is 25.8 Å². The fourth-order valence-electron chi connectivity index (χ4n) is 10.5. The Kier molecular flexibility index (Phi) is 21.0. The second kappa shape index (κ2) is 28.2. The fraction of sp³-hybridized carbons (Fsp3) is 0.510. The number of thiol groups is 1. The summed E-state index contributed by atoms with van der Waals surface area (Å²) in [5.74, 6) is -3.45. The van der Waals surface area contributed by atoms with E-state index in [4.69, 9.17) is 61.3 Å². The number of ether oxygens (including phenoxy) is 3. The molecule has 6 amide bonds. The van der Waals surface area contributed by atoms with E-state index in [0.29, 0.717) is 30.4 Å². The summed E-state index contributed by atoms with van der Waals surface area (Å²) in [5, 5.41) is 19.6. The van der Waals surface area contributed by atoms with Gasteiger partial charge < -0.3 is 66.4 Å². The van der Waals surface area contributed by atoms with Crippen LogP contribution in [0.5, 0.6) is 0 Å². The molecule has 38 heteroatoms. The van der Waals surface area contributed by atoms with Gasteiger partial charge >= 0.3 is 25.6 Å². The number of aliphatic hydroxyl groups excluding tert-OH is 1. The first-order chi connectivity index (χ1) is 42.2. The maximum Gasteiger partial charge on any atom is 0.407 e. The first-order valence-electron chi connectivity index (χ1n) is 27.9. The molecule has 9 rings (SSSR count). The lowest BCUT2D eigenvalue weighted by Gasteiger charge is -2.30. The molecule has 12 atom stereocenters. The number of nitrogens with one attached hydrogen (secondary N) is 5. The number of aromatic amines is 2. The van der Waals surface area contributed by atoms with Crippen LogP contribution in [0.1, 0.15) is 82.4 Å². The fourth-order valence-corrected chi connectivity index (χ4v) is 13.4. The summed E-state index contributed by atoms with van der Waals surface area (Å²) >= 11 is 9.66. The van der Waals surface area contributed by atoms with Crippen molar-refractivity contribution in [3.05, 3.63) is 80.9 Å². The average Bonchev–Trinajstić information content (AvgIpc) is 1.90. The van der Waals surface area contributed by atoms with Gasteiger partial charge in [0.25, 0.3) is 22.9 Å². The molecule has 0 radical (unpaired) electrons. The second-order valence-corrected chi connectivity index (χ2v) is 27.3. The highest BCUT2D eigenvalue weighted by Gasteiger charge is 2.54. The molecule has 3 saturated heterocycles. The number of Topliss-reactive ketones (excluding diaryl/α,β-unsaturated/α-hetero) is 2. The van der Waals surface area contributed by atoms with Crippen molar-refractivity contribution >= 4 is 113 Å². The van der Waals surface area contributed by atoms with Gasteiger partial charge in [0.15, 0.2) is 40.6 Å². The van der Waals surface area contributed by atoms with Crippen LogP contribution in [0.25, 0.3) is 22.3 Å². The number of nitrogens with zero attached hydrogens (tertiary/aromatic N) is 7. The lowest BCUT2D eigenvalue weighted by atomic mass is 9.88. The zero-order valence-electron chi connectivity index (χ0n) is 47.6. The maximum atomic E-state index is 14.1. The number of amides is 6. The molecule has 1 aromatic carbocycles. The van der Waals surface area contributed by atoms with Gasteiger partial charge in [-0.05, 0) is 54.5 Å². The van der Waals surface area contributed by atoms with E-state index >= 15 is 0 Å². The molecule has 480 valence electrons. The monoisotopic (exact) mass is 1320 g/mol. The quantitative estimate of drug-likeness (QED) is 0.0186. The third-order valence-corrected chi connectivity index (χ3v) is 18.1. The highest BCUT2D eigenvalue weighted by Crippen LogP contribution is 2.58. The topological polar surface area (TPSA) is 486 Å².